The van der Waals surface area contributed by atoms with Gasteiger partial charge in [0.05, 0.1) is 0 Å². The Kier molecular flexibility index (Phi) is 4.19. The highest BCUT2D eigenvalue weighted by atomic mass is 32.1. The molecule has 0 aliphatic carbocycles. The zero-order valence-electron chi connectivity index (χ0n) is 11.8. The van der Waals surface area contributed by atoms with E-state index in [0.717, 1.165) is 23.7 Å². The van der Waals surface area contributed by atoms with Gasteiger partial charge in [-0.25, -0.2) is 4.98 Å². The third-order valence-electron chi connectivity index (χ3n) is 3.51. The molecule has 2 aromatic rings. The van der Waals surface area contributed by atoms with Crippen molar-refractivity contribution in [3.8, 4) is 0 Å². The van der Waals surface area contributed by atoms with E-state index in [9.17, 15) is 4.79 Å². The molecule has 5 nitrogen and oxygen atoms in total. The van der Waals surface area contributed by atoms with Crippen LogP contribution in [0.3, 0.4) is 0 Å². The van der Waals surface area contributed by atoms with Crippen LogP contribution in [0.1, 0.15) is 39.8 Å². The molecule has 0 aromatic carbocycles. The second-order valence-electron chi connectivity index (χ2n) is 4.86. The van der Waals surface area contributed by atoms with Gasteiger partial charge in [0.2, 0.25) is 10.1 Å². The minimum atomic E-state index is -0.109. The lowest BCUT2D eigenvalue weighted by molar-refractivity contribution is 0.494. The molecule has 0 aliphatic heterocycles. The molecule has 19 heavy (non-hydrogen) atoms. The summed E-state index contributed by atoms with van der Waals surface area (Å²) >= 11 is 1.43. The number of nitrogens with zero attached hydrogens (tertiary/aromatic N) is 3. The monoisotopic (exact) mass is 280 g/mol. The summed E-state index contributed by atoms with van der Waals surface area (Å²) in [6.45, 7) is 8.49. The first-order valence-electron chi connectivity index (χ1n) is 6.71. The van der Waals surface area contributed by atoms with Gasteiger partial charge in [0.25, 0.3) is 5.56 Å². The van der Waals surface area contributed by atoms with Crippen LogP contribution in [-0.2, 0) is 6.42 Å². The first kappa shape index (κ1) is 14.0. The lowest BCUT2D eigenvalue weighted by atomic mass is 10.0. The first-order valence-corrected chi connectivity index (χ1v) is 7.53. The molecule has 6 heteroatoms. The molecule has 2 rings (SSSR count). The van der Waals surface area contributed by atoms with E-state index in [1.54, 1.807) is 6.07 Å². The maximum atomic E-state index is 11.9. The van der Waals surface area contributed by atoms with Crippen LogP contribution in [0.2, 0.25) is 0 Å². The Labute approximate surface area is 116 Å². The fourth-order valence-electron chi connectivity index (χ4n) is 1.79. The number of aryl methyl sites for hydroxylation is 1. The normalized spacial score (nSPS) is 14.5. The number of hydrogen-bond acceptors (Lipinski definition) is 5. The smallest absolute Gasteiger partial charge is 0.275 e. The van der Waals surface area contributed by atoms with Crippen molar-refractivity contribution in [1.29, 1.82) is 0 Å². The molecule has 0 saturated heterocycles. The predicted octanol–water partition coefficient (Wildman–Crippen LogP) is 2.56. The van der Waals surface area contributed by atoms with Crippen LogP contribution in [0.25, 0.3) is 4.96 Å². The van der Waals surface area contributed by atoms with E-state index in [1.807, 2.05) is 6.92 Å². The molecule has 104 valence electrons. The van der Waals surface area contributed by atoms with Crippen LogP contribution in [0.15, 0.2) is 10.9 Å². The van der Waals surface area contributed by atoms with Crippen molar-refractivity contribution in [3.05, 3.63) is 22.1 Å². The molecule has 0 radical (unpaired) electrons. The van der Waals surface area contributed by atoms with E-state index in [2.05, 4.69) is 36.2 Å². The van der Waals surface area contributed by atoms with Gasteiger partial charge in [-0.1, -0.05) is 38.5 Å². The number of rotatable bonds is 5. The van der Waals surface area contributed by atoms with Crippen molar-refractivity contribution < 1.29 is 0 Å². The SMILES string of the molecule is CCc1cc(=O)n2nc(N[C@@H](C)[C@@H](C)CC)sc2n1. The van der Waals surface area contributed by atoms with Gasteiger partial charge in [0.15, 0.2) is 0 Å². The standard InChI is InChI=1S/C13H20N4OS/c1-5-8(3)9(4)14-12-16-17-11(18)7-10(6-2)15-13(17)19-12/h7-9H,5-6H2,1-4H3,(H,14,16)/t8-,9-/m0/s1. The summed E-state index contributed by atoms with van der Waals surface area (Å²) in [5, 5.41) is 8.40. The summed E-state index contributed by atoms with van der Waals surface area (Å²) in [5.74, 6) is 0.558. The molecule has 2 aromatic heterocycles. The van der Waals surface area contributed by atoms with Crippen molar-refractivity contribution >= 4 is 21.4 Å². The summed E-state index contributed by atoms with van der Waals surface area (Å²) in [6.07, 6.45) is 1.87. The first-order chi connectivity index (χ1) is 9.05. The predicted molar refractivity (Wildman–Crippen MR) is 79.1 cm³/mol. The third-order valence-corrected chi connectivity index (χ3v) is 4.35. The van der Waals surface area contributed by atoms with Crippen LogP contribution < -0.4 is 10.9 Å². The lowest BCUT2D eigenvalue weighted by Gasteiger charge is -2.18. The van der Waals surface area contributed by atoms with Crippen LogP contribution in [0, 0.1) is 5.92 Å². The molecule has 2 atom stereocenters. The van der Waals surface area contributed by atoms with Gasteiger partial charge >= 0.3 is 0 Å². The molecule has 0 amide bonds. The Bertz CT molecular complexity index is 619. The van der Waals surface area contributed by atoms with Gasteiger partial charge < -0.3 is 5.32 Å². The fourth-order valence-corrected chi connectivity index (χ4v) is 2.71. The molecule has 0 bridgehead atoms. The maximum Gasteiger partial charge on any atom is 0.275 e. The van der Waals surface area contributed by atoms with E-state index in [1.165, 1.54) is 15.9 Å². The number of nitrogens with one attached hydrogen (secondary N) is 1. The number of fused-ring (bicyclic) bond motifs is 1. The van der Waals surface area contributed by atoms with E-state index in [-0.39, 0.29) is 5.56 Å². The maximum absolute atomic E-state index is 11.9. The van der Waals surface area contributed by atoms with Crippen molar-refractivity contribution in [2.45, 2.75) is 46.6 Å². The summed E-state index contributed by atoms with van der Waals surface area (Å²) < 4.78 is 1.37. The van der Waals surface area contributed by atoms with Gasteiger partial charge in [-0.05, 0) is 19.3 Å². The average molecular weight is 280 g/mol. The van der Waals surface area contributed by atoms with Crippen LogP contribution >= 0.6 is 11.3 Å². The van der Waals surface area contributed by atoms with Crippen molar-refractivity contribution in [2.75, 3.05) is 5.32 Å². The molecule has 0 saturated carbocycles. The van der Waals surface area contributed by atoms with Gasteiger partial charge in [0, 0.05) is 17.8 Å². The Morgan fingerprint density at radius 2 is 2.16 bits per heavy atom. The van der Waals surface area contributed by atoms with Crippen molar-refractivity contribution in [1.82, 2.24) is 14.6 Å². The summed E-state index contributed by atoms with van der Waals surface area (Å²) in [6, 6.07) is 1.88. The Morgan fingerprint density at radius 1 is 1.42 bits per heavy atom. The molecular formula is C13H20N4OS. The van der Waals surface area contributed by atoms with Crippen molar-refractivity contribution in [3.63, 3.8) is 0 Å². The number of aromatic nitrogens is 3. The summed E-state index contributed by atoms with van der Waals surface area (Å²) in [4.78, 5) is 17.0. The van der Waals surface area contributed by atoms with E-state index in [4.69, 9.17) is 0 Å². The van der Waals surface area contributed by atoms with Crippen molar-refractivity contribution in [2.24, 2.45) is 5.92 Å². The fraction of sp³-hybridized carbons (Fsp3) is 0.615. The highest BCUT2D eigenvalue weighted by Crippen LogP contribution is 2.20. The topological polar surface area (TPSA) is 59.3 Å². The molecule has 0 spiro atoms. The second-order valence-corrected chi connectivity index (χ2v) is 5.82. The molecule has 2 heterocycles. The van der Waals surface area contributed by atoms with Gasteiger partial charge in [0.1, 0.15) is 0 Å². The molecule has 0 unspecified atom stereocenters. The Morgan fingerprint density at radius 3 is 2.79 bits per heavy atom. The van der Waals surface area contributed by atoms with Crippen LogP contribution in [0.5, 0.6) is 0 Å². The Balaban J connectivity index is 2.31. The molecule has 1 N–H and O–H groups in total. The molecule has 0 fully saturated rings. The highest BCUT2D eigenvalue weighted by molar-refractivity contribution is 7.20. The average Bonchev–Trinajstić information content (AvgIpc) is 2.80. The third kappa shape index (κ3) is 2.94. The molecule has 0 aliphatic rings. The summed E-state index contributed by atoms with van der Waals surface area (Å²) in [7, 11) is 0. The number of anilines is 1. The number of hydrogen-bond donors (Lipinski definition) is 1. The van der Waals surface area contributed by atoms with E-state index >= 15 is 0 Å². The summed E-state index contributed by atoms with van der Waals surface area (Å²) in [5.41, 5.74) is 0.706. The highest BCUT2D eigenvalue weighted by Gasteiger charge is 2.13. The van der Waals surface area contributed by atoms with Gasteiger partial charge in [-0.15, -0.1) is 5.10 Å². The lowest BCUT2D eigenvalue weighted by Crippen LogP contribution is -2.23. The second kappa shape index (κ2) is 5.69. The zero-order valence-corrected chi connectivity index (χ0v) is 12.6. The van der Waals surface area contributed by atoms with E-state index in [0.29, 0.717) is 16.9 Å². The van der Waals surface area contributed by atoms with Gasteiger partial charge in [-0.3, -0.25) is 4.79 Å². The zero-order chi connectivity index (χ0) is 14.0. The minimum absolute atomic E-state index is 0.109. The minimum Gasteiger partial charge on any atom is -0.357 e. The van der Waals surface area contributed by atoms with Gasteiger partial charge in [-0.2, -0.15) is 4.52 Å². The molecular weight excluding hydrogens is 260 g/mol. The van der Waals surface area contributed by atoms with Crippen LogP contribution in [-0.4, -0.2) is 20.6 Å². The van der Waals surface area contributed by atoms with E-state index < -0.39 is 0 Å². The Hall–Kier alpha value is -1.43. The quantitative estimate of drug-likeness (QED) is 0.914. The van der Waals surface area contributed by atoms with Crippen LogP contribution in [0.4, 0.5) is 5.13 Å². The largest absolute Gasteiger partial charge is 0.357 e.